The normalized spacial score (nSPS) is 10.3. The second-order valence-electron chi connectivity index (χ2n) is 5.54. The van der Waals surface area contributed by atoms with Crippen molar-refractivity contribution in [3.05, 3.63) is 107 Å². The lowest BCUT2D eigenvalue weighted by atomic mass is 10.1. The molecule has 1 aromatic heterocycles. The standard InChI is InChI=1S/C20H18N2O2/c23-20(19-13-7-8-14-22(19)24)21(15-17-9-3-1-4-10-17)16-18-11-5-2-6-12-18/h1-14H,15-16H2. The van der Waals surface area contributed by atoms with Gasteiger partial charge in [-0.3, -0.25) is 4.79 Å². The number of nitrogens with zero attached hydrogens (tertiary/aromatic N) is 2. The fourth-order valence-corrected chi connectivity index (χ4v) is 2.56. The first-order chi connectivity index (χ1) is 11.7. The van der Waals surface area contributed by atoms with Crippen LogP contribution in [-0.2, 0) is 13.1 Å². The summed E-state index contributed by atoms with van der Waals surface area (Å²) in [7, 11) is 0. The number of carbonyl (C=O) groups excluding carboxylic acids is 1. The molecule has 3 rings (SSSR count). The van der Waals surface area contributed by atoms with Gasteiger partial charge in [-0.15, -0.1) is 0 Å². The first kappa shape index (κ1) is 15.7. The minimum absolute atomic E-state index is 0.129. The lowest BCUT2D eigenvalue weighted by molar-refractivity contribution is -0.608. The SMILES string of the molecule is O=C(c1cccc[n+]1[O-])N(Cc1ccccc1)Cc1ccccc1. The first-order valence-electron chi connectivity index (χ1n) is 7.79. The molecule has 0 spiro atoms. The molecule has 0 atom stereocenters. The molecule has 0 aliphatic carbocycles. The van der Waals surface area contributed by atoms with E-state index in [-0.39, 0.29) is 11.6 Å². The van der Waals surface area contributed by atoms with E-state index in [2.05, 4.69) is 0 Å². The predicted molar refractivity (Wildman–Crippen MR) is 91.9 cm³/mol. The molecule has 0 unspecified atom stereocenters. The third-order valence-corrected chi connectivity index (χ3v) is 3.76. The smallest absolute Gasteiger partial charge is 0.320 e. The van der Waals surface area contributed by atoms with Crippen LogP contribution in [0.4, 0.5) is 0 Å². The molecule has 0 saturated heterocycles. The number of pyridine rings is 1. The zero-order chi connectivity index (χ0) is 16.8. The molecule has 4 nitrogen and oxygen atoms in total. The molecule has 3 aromatic rings. The van der Waals surface area contributed by atoms with Gasteiger partial charge < -0.3 is 10.1 Å². The van der Waals surface area contributed by atoms with E-state index < -0.39 is 0 Å². The Morgan fingerprint density at radius 3 is 1.79 bits per heavy atom. The lowest BCUT2D eigenvalue weighted by Gasteiger charge is -2.22. The van der Waals surface area contributed by atoms with Crippen LogP contribution in [0.5, 0.6) is 0 Å². The highest BCUT2D eigenvalue weighted by atomic mass is 16.5. The Kier molecular flexibility index (Phi) is 4.87. The maximum atomic E-state index is 12.9. The van der Waals surface area contributed by atoms with E-state index in [1.807, 2.05) is 60.7 Å². The molecule has 4 heteroatoms. The lowest BCUT2D eigenvalue weighted by Crippen LogP contribution is -2.41. The fourth-order valence-electron chi connectivity index (χ4n) is 2.56. The van der Waals surface area contributed by atoms with E-state index in [1.165, 1.54) is 6.20 Å². The summed E-state index contributed by atoms with van der Waals surface area (Å²) in [6.07, 6.45) is 1.34. The molecule has 24 heavy (non-hydrogen) atoms. The maximum Gasteiger partial charge on any atom is 0.320 e. The molecule has 120 valence electrons. The van der Waals surface area contributed by atoms with Gasteiger partial charge in [0.15, 0.2) is 6.20 Å². The molecule has 0 aliphatic rings. The van der Waals surface area contributed by atoms with E-state index >= 15 is 0 Å². The number of benzene rings is 2. The zero-order valence-corrected chi connectivity index (χ0v) is 13.2. The van der Waals surface area contributed by atoms with Gasteiger partial charge in [0, 0.05) is 25.2 Å². The first-order valence-corrected chi connectivity index (χ1v) is 7.79. The van der Waals surface area contributed by atoms with Gasteiger partial charge in [0.2, 0.25) is 0 Å². The minimum Gasteiger partial charge on any atom is -0.618 e. The topological polar surface area (TPSA) is 47.2 Å². The van der Waals surface area contributed by atoms with Crippen LogP contribution in [0.25, 0.3) is 0 Å². The molecule has 0 bridgehead atoms. The third kappa shape index (κ3) is 3.79. The van der Waals surface area contributed by atoms with Crippen molar-refractivity contribution in [2.24, 2.45) is 0 Å². The average Bonchev–Trinajstić information content (AvgIpc) is 2.63. The zero-order valence-electron chi connectivity index (χ0n) is 13.2. The number of aromatic nitrogens is 1. The Labute approximate surface area is 141 Å². The number of hydrogen-bond acceptors (Lipinski definition) is 2. The van der Waals surface area contributed by atoms with Gasteiger partial charge in [-0.05, 0) is 17.2 Å². The fraction of sp³-hybridized carbons (Fsp3) is 0.100. The van der Waals surface area contributed by atoms with Crippen molar-refractivity contribution in [1.82, 2.24) is 4.90 Å². The highest BCUT2D eigenvalue weighted by Gasteiger charge is 2.23. The van der Waals surface area contributed by atoms with E-state index in [9.17, 15) is 10.0 Å². The molecule has 1 amide bonds. The van der Waals surface area contributed by atoms with Crippen LogP contribution in [0.1, 0.15) is 21.6 Å². The monoisotopic (exact) mass is 318 g/mol. The van der Waals surface area contributed by atoms with Crippen molar-refractivity contribution in [2.45, 2.75) is 13.1 Å². The molecule has 1 heterocycles. The second kappa shape index (κ2) is 7.42. The summed E-state index contributed by atoms with van der Waals surface area (Å²) in [6, 6.07) is 24.4. The van der Waals surface area contributed by atoms with Gasteiger partial charge in [-0.25, -0.2) is 0 Å². The molecule has 0 N–H and O–H groups in total. The summed E-state index contributed by atoms with van der Waals surface area (Å²) in [5.41, 5.74) is 2.18. The van der Waals surface area contributed by atoms with E-state index in [0.29, 0.717) is 17.8 Å². The van der Waals surface area contributed by atoms with Gasteiger partial charge in [0.05, 0.1) is 0 Å². The summed E-state index contributed by atoms with van der Waals surface area (Å²) < 4.78 is 0.616. The van der Waals surface area contributed by atoms with Crippen LogP contribution in [0.15, 0.2) is 85.1 Å². The van der Waals surface area contributed by atoms with Crippen molar-refractivity contribution in [3.8, 4) is 0 Å². The highest BCUT2D eigenvalue weighted by molar-refractivity contribution is 5.90. The Morgan fingerprint density at radius 2 is 1.29 bits per heavy atom. The van der Waals surface area contributed by atoms with E-state index in [4.69, 9.17) is 0 Å². The average molecular weight is 318 g/mol. The maximum absolute atomic E-state index is 12.9. The molecular formula is C20H18N2O2. The Morgan fingerprint density at radius 1 is 0.792 bits per heavy atom. The van der Waals surface area contributed by atoms with Crippen LogP contribution in [0.2, 0.25) is 0 Å². The summed E-state index contributed by atoms with van der Waals surface area (Å²) in [5, 5.41) is 11.9. The summed E-state index contributed by atoms with van der Waals surface area (Å²) in [6.45, 7) is 0.896. The van der Waals surface area contributed by atoms with Gasteiger partial charge >= 0.3 is 5.91 Å². The van der Waals surface area contributed by atoms with E-state index in [1.54, 1.807) is 23.1 Å². The number of rotatable bonds is 5. The van der Waals surface area contributed by atoms with Crippen molar-refractivity contribution in [1.29, 1.82) is 0 Å². The molecule has 2 aromatic carbocycles. The van der Waals surface area contributed by atoms with Crippen molar-refractivity contribution < 1.29 is 9.52 Å². The van der Waals surface area contributed by atoms with E-state index in [0.717, 1.165) is 11.1 Å². The Bertz CT molecular complexity index is 763. The molecule has 0 radical (unpaired) electrons. The van der Waals surface area contributed by atoms with Crippen molar-refractivity contribution in [3.63, 3.8) is 0 Å². The molecular weight excluding hydrogens is 300 g/mol. The summed E-state index contributed by atoms with van der Waals surface area (Å²) >= 11 is 0. The van der Waals surface area contributed by atoms with Crippen LogP contribution < -0.4 is 4.73 Å². The van der Waals surface area contributed by atoms with Crippen molar-refractivity contribution in [2.75, 3.05) is 0 Å². The summed E-state index contributed by atoms with van der Waals surface area (Å²) in [4.78, 5) is 14.6. The van der Waals surface area contributed by atoms with Crippen molar-refractivity contribution >= 4 is 5.91 Å². The van der Waals surface area contributed by atoms with Crippen LogP contribution >= 0.6 is 0 Å². The van der Waals surface area contributed by atoms with Gasteiger partial charge in [0.25, 0.3) is 5.69 Å². The molecule has 0 aliphatic heterocycles. The highest BCUT2D eigenvalue weighted by Crippen LogP contribution is 2.13. The van der Waals surface area contributed by atoms with Gasteiger partial charge in [0.1, 0.15) is 0 Å². The molecule has 0 saturated carbocycles. The number of hydrogen-bond donors (Lipinski definition) is 0. The summed E-state index contributed by atoms with van der Waals surface area (Å²) in [5.74, 6) is -0.279. The third-order valence-electron chi connectivity index (χ3n) is 3.76. The predicted octanol–water partition coefficient (Wildman–Crippen LogP) is 3.16. The number of amides is 1. The van der Waals surface area contributed by atoms with Crippen LogP contribution in [0.3, 0.4) is 0 Å². The molecule has 0 fully saturated rings. The van der Waals surface area contributed by atoms with Crippen LogP contribution in [-0.4, -0.2) is 10.8 Å². The van der Waals surface area contributed by atoms with Crippen LogP contribution in [0, 0.1) is 5.21 Å². The Hall–Kier alpha value is -3.14. The number of carbonyl (C=O) groups is 1. The van der Waals surface area contributed by atoms with Gasteiger partial charge in [-0.1, -0.05) is 60.7 Å². The largest absolute Gasteiger partial charge is 0.618 e. The quantitative estimate of drug-likeness (QED) is 0.536. The second-order valence-corrected chi connectivity index (χ2v) is 5.54. The minimum atomic E-state index is -0.279. The Balaban J connectivity index is 1.89. The van der Waals surface area contributed by atoms with Gasteiger partial charge in [-0.2, -0.15) is 4.73 Å².